The Morgan fingerprint density at radius 1 is 0.967 bits per heavy atom. The molecule has 0 saturated heterocycles. The van der Waals surface area contributed by atoms with Gasteiger partial charge in [0.15, 0.2) is 0 Å². The van der Waals surface area contributed by atoms with Gasteiger partial charge in [-0.3, -0.25) is 9.59 Å². The maximum atomic E-state index is 13.2. The van der Waals surface area contributed by atoms with Crippen LogP contribution in [0.5, 0.6) is 0 Å². The van der Waals surface area contributed by atoms with Crippen molar-refractivity contribution in [3.8, 4) is 0 Å². The van der Waals surface area contributed by atoms with E-state index in [2.05, 4.69) is 5.32 Å². The Balaban J connectivity index is 2.32. The fraction of sp³-hybridized carbons (Fsp3) is 0.364. The van der Waals surface area contributed by atoms with E-state index in [-0.39, 0.29) is 30.8 Å². The van der Waals surface area contributed by atoms with E-state index in [9.17, 15) is 9.59 Å². The molecule has 0 bridgehead atoms. The molecule has 4 nitrogen and oxygen atoms in total. The van der Waals surface area contributed by atoms with Crippen molar-refractivity contribution in [1.29, 1.82) is 0 Å². The first-order valence-corrected chi connectivity index (χ1v) is 11.1. The number of carbonyl (C=O) groups is 2. The number of nitrogens with zero attached hydrogens (tertiary/aromatic N) is 1. The van der Waals surface area contributed by atoms with Crippen LogP contribution in [0.2, 0.25) is 20.1 Å². The van der Waals surface area contributed by atoms with Gasteiger partial charge in [-0.15, -0.1) is 0 Å². The topological polar surface area (TPSA) is 49.4 Å². The molecule has 0 unspecified atom stereocenters. The predicted molar refractivity (Wildman–Crippen MR) is 125 cm³/mol. The van der Waals surface area contributed by atoms with E-state index in [0.717, 1.165) is 6.42 Å². The molecule has 2 amide bonds. The molecule has 0 spiro atoms. The number of hydrogen-bond donors (Lipinski definition) is 1. The van der Waals surface area contributed by atoms with Gasteiger partial charge >= 0.3 is 0 Å². The van der Waals surface area contributed by atoms with Gasteiger partial charge in [0.1, 0.15) is 6.04 Å². The third-order valence-electron chi connectivity index (χ3n) is 4.90. The van der Waals surface area contributed by atoms with Crippen molar-refractivity contribution in [1.82, 2.24) is 10.2 Å². The molecule has 0 saturated carbocycles. The molecule has 0 aliphatic rings. The number of halogens is 4. The minimum absolute atomic E-state index is 0.00382. The molecule has 0 aliphatic heterocycles. The zero-order valence-electron chi connectivity index (χ0n) is 17.0. The summed E-state index contributed by atoms with van der Waals surface area (Å²) < 4.78 is 0. The second kappa shape index (κ2) is 11.2. The van der Waals surface area contributed by atoms with E-state index in [0.29, 0.717) is 31.2 Å². The van der Waals surface area contributed by atoms with Crippen molar-refractivity contribution >= 4 is 58.2 Å². The van der Waals surface area contributed by atoms with E-state index in [1.54, 1.807) is 43.3 Å². The molecule has 2 aromatic carbocycles. The summed E-state index contributed by atoms with van der Waals surface area (Å²) in [5, 5.41) is 4.57. The summed E-state index contributed by atoms with van der Waals surface area (Å²) in [5.74, 6) is -0.494. The Kier molecular flexibility index (Phi) is 9.30. The summed E-state index contributed by atoms with van der Waals surface area (Å²) in [7, 11) is 0. The highest BCUT2D eigenvalue weighted by Gasteiger charge is 2.28. The first-order valence-electron chi connectivity index (χ1n) is 9.60. The standard InChI is InChI=1S/C22H24Cl4N2O2/c1-4-13(2)27-22(30)14(3)28(12-16-17(23)6-5-7-18(16)24)21(29)11-15-8-9-19(25)20(26)10-15/h5-10,13-14H,4,11-12H2,1-3H3,(H,27,30)/t13-,14-/m1/s1. The molecule has 2 atom stereocenters. The van der Waals surface area contributed by atoms with Crippen LogP contribution in [0.1, 0.15) is 38.3 Å². The number of carbonyl (C=O) groups excluding carboxylic acids is 2. The molecule has 30 heavy (non-hydrogen) atoms. The van der Waals surface area contributed by atoms with Crippen LogP contribution in [0.25, 0.3) is 0 Å². The summed E-state index contributed by atoms with van der Waals surface area (Å²) in [6, 6.07) is 9.43. The third-order valence-corrected chi connectivity index (χ3v) is 6.35. The zero-order valence-corrected chi connectivity index (χ0v) is 20.0. The Morgan fingerprint density at radius 2 is 1.60 bits per heavy atom. The van der Waals surface area contributed by atoms with Crippen molar-refractivity contribution in [2.75, 3.05) is 0 Å². The second-order valence-electron chi connectivity index (χ2n) is 7.14. The maximum absolute atomic E-state index is 13.2. The average molecular weight is 490 g/mol. The van der Waals surface area contributed by atoms with Crippen molar-refractivity contribution in [3.63, 3.8) is 0 Å². The molecule has 0 heterocycles. The molecule has 2 rings (SSSR count). The van der Waals surface area contributed by atoms with Crippen LogP contribution in [0, 0.1) is 0 Å². The molecule has 0 aromatic heterocycles. The van der Waals surface area contributed by atoms with Gasteiger partial charge in [-0.1, -0.05) is 65.5 Å². The monoisotopic (exact) mass is 488 g/mol. The average Bonchev–Trinajstić information content (AvgIpc) is 2.69. The maximum Gasteiger partial charge on any atom is 0.242 e. The highest BCUT2D eigenvalue weighted by atomic mass is 35.5. The number of rotatable bonds is 8. The quantitative estimate of drug-likeness (QED) is 0.481. The molecule has 0 radical (unpaired) electrons. The van der Waals surface area contributed by atoms with Crippen molar-refractivity contribution < 1.29 is 9.59 Å². The van der Waals surface area contributed by atoms with Crippen LogP contribution < -0.4 is 5.32 Å². The van der Waals surface area contributed by atoms with Crippen LogP contribution in [0.3, 0.4) is 0 Å². The minimum Gasteiger partial charge on any atom is -0.352 e. The van der Waals surface area contributed by atoms with E-state index in [1.807, 2.05) is 13.8 Å². The van der Waals surface area contributed by atoms with Crippen molar-refractivity contribution in [2.45, 2.75) is 52.2 Å². The van der Waals surface area contributed by atoms with Gasteiger partial charge in [-0.05, 0) is 50.1 Å². The summed E-state index contributed by atoms with van der Waals surface area (Å²) >= 11 is 24.7. The molecule has 0 aliphatic carbocycles. The Labute approximate surface area is 197 Å². The van der Waals surface area contributed by atoms with Crippen LogP contribution in [0.4, 0.5) is 0 Å². The van der Waals surface area contributed by atoms with Gasteiger partial charge in [0.2, 0.25) is 11.8 Å². The number of amides is 2. The molecule has 1 N–H and O–H groups in total. The molecule has 2 aromatic rings. The van der Waals surface area contributed by atoms with Crippen LogP contribution >= 0.6 is 46.4 Å². The largest absolute Gasteiger partial charge is 0.352 e. The molecular formula is C22H24Cl4N2O2. The number of benzene rings is 2. The van der Waals surface area contributed by atoms with Gasteiger partial charge in [-0.25, -0.2) is 0 Å². The van der Waals surface area contributed by atoms with Crippen molar-refractivity contribution in [2.24, 2.45) is 0 Å². The van der Waals surface area contributed by atoms with Gasteiger partial charge in [-0.2, -0.15) is 0 Å². The van der Waals surface area contributed by atoms with Crippen LogP contribution in [-0.2, 0) is 22.6 Å². The Hall–Kier alpha value is -1.46. The minimum atomic E-state index is -0.721. The summed E-state index contributed by atoms with van der Waals surface area (Å²) in [6.45, 7) is 5.69. The third kappa shape index (κ3) is 6.52. The van der Waals surface area contributed by atoms with E-state index in [4.69, 9.17) is 46.4 Å². The smallest absolute Gasteiger partial charge is 0.242 e. The lowest BCUT2D eigenvalue weighted by Crippen LogP contribution is -2.50. The van der Waals surface area contributed by atoms with Gasteiger partial charge in [0.25, 0.3) is 0 Å². The van der Waals surface area contributed by atoms with Gasteiger partial charge < -0.3 is 10.2 Å². The van der Waals surface area contributed by atoms with Crippen LogP contribution in [0.15, 0.2) is 36.4 Å². The zero-order chi connectivity index (χ0) is 22.4. The SMILES string of the molecule is CC[C@@H](C)NC(=O)[C@@H](C)N(Cc1c(Cl)cccc1Cl)C(=O)Cc1ccc(Cl)c(Cl)c1. The molecular weight excluding hydrogens is 466 g/mol. The summed E-state index contributed by atoms with van der Waals surface area (Å²) in [6.07, 6.45) is 0.839. The Bertz CT molecular complexity index is 900. The first kappa shape index (κ1) is 24.8. The summed E-state index contributed by atoms with van der Waals surface area (Å²) in [5.41, 5.74) is 1.28. The van der Waals surface area contributed by atoms with Gasteiger partial charge in [0, 0.05) is 28.2 Å². The predicted octanol–water partition coefficient (Wildman–Crippen LogP) is 6.17. The molecule has 162 valence electrons. The fourth-order valence-corrected chi connectivity index (χ4v) is 3.67. The Morgan fingerprint density at radius 3 is 2.17 bits per heavy atom. The lowest BCUT2D eigenvalue weighted by Gasteiger charge is -2.30. The first-order chi connectivity index (χ1) is 14.1. The van der Waals surface area contributed by atoms with Crippen molar-refractivity contribution in [3.05, 3.63) is 67.6 Å². The van der Waals surface area contributed by atoms with Gasteiger partial charge in [0.05, 0.1) is 16.5 Å². The normalized spacial score (nSPS) is 12.9. The second-order valence-corrected chi connectivity index (χ2v) is 8.77. The molecule has 0 fully saturated rings. The highest BCUT2D eigenvalue weighted by Crippen LogP contribution is 2.27. The molecule has 8 heteroatoms. The van der Waals surface area contributed by atoms with E-state index < -0.39 is 6.04 Å². The fourth-order valence-electron chi connectivity index (χ4n) is 2.83. The number of nitrogens with one attached hydrogen (secondary N) is 1. The van der Waals surface area contributed by atoms with Crippen LogP contribution in [-0.4, -0.2) is 28.8 Å². The van der Waals surface area contributed by atoms with E-state index in [1.165, 1.54) is 4.90 Å². The lowest BCUT2D eigenvalue weighted by atomic mass is 10.1. The van der Waals surface area contributed by atoms with E-state index >= 15 is 0 Å². The number of hydrogen-bond acceptors (Lipinski definition) is 2. The lowest BCUT2D eigenvalue weighted by molar-refractivity contribution is -0.140. The highest BCUT2D eigenvalue weighted by molar-refractivity contribution is 6.42. The summed E-state index contributed by atoms with van der Waals surface area (Å²) in [4.78, 5) is 27.5.